The molecule has 0 spiro atoms. The Balaban J connectivity index is 2.17. The highest BCUT2D eigenvalue weighted by molar-refractivity contribution is 6.30. The van der Waals surface area contributed by atoms with Gasteiger partial charge in [-0.15, -0.1) is 0 Å². The molecule has 5 heteroatoms. The molecule has 0 amide bonds. The lowest BCUT2D eigenvalue weighted by Gasteiger charge is -2.43. The zero-order chi connectivity index (χ0) is 15.3. The zero-order valence-corrected chi connectivity index (χ0v) is 13.4. The molecule has 1 saturated heterocycles. The molecule has 1 aliphatic rings. The fraction of sp³-hybridized carbons (Fsp3) is 0.625. The van der Waals surface area contributed by atoms with Gasteiger partial charge >= 0.3 is 0 Å². The molecule has 1 aromatic rings. The number of benzene rings is 1. The average molecular weight is 316 g/mol. The number of likely N-dealkylation sites (N-methyl/N-ethyl adjacent to an activating group) is 1. The van der Waals surface area contributed by atoms with Crippen molar-refractivity contribution in [2.24, 2.45) is 0 Å². The van der Waals surface area contributed by atoms with E-state index < -0.39 is 0 Å². The van der Waals surface area contributed by atoms with Crippen molar-refractivity contribution >= 4 is 11.6 Å². The second kappa shape index (κ2) is 7.54. The Bertz CT molecular complexity index is 458. The van der Waals surface area contributed by atoms with Crippen LogP contribution in [0.3, 0.4) is 0 Å². The summed E-state index contributed by atoms with van der Waals surface area (Å²) in [6.07, 6.45) is 2.47. The summed E-state index contributed by atoms with van der Waals surface area (Å²) >= 11 is 5.88. The second-order valence-electron chi connectivity index (χ2n) is 5.40. The zero-order valence-electron chi connectivity index (χ0n) is 12.6. The smallest absolute Gasteiger partial charge is 0.141 e. The van der Waals surface area contributed by atoms with Gasteiger partial charge in [-0.1, -0.05) is 17.7 Å². The van der Waals surface area contributed by atoms with Crippen molar-refractivity contribution in [3.63, 3.8) is 0 Å². The standard InChI is InChI=1S/C16H23ClFNO2/c1-3-21-16(6-8-20-9-7-16)15(19-2)11-12-4-5-14(18)13(17)10-12/h4-5,10,15,19H,3,6-9,11H2,1-2H3. The molecule has 0 aliphatic carbocycles. The van der Waals surface area contributed by atoms with Crippen LogP contribution >= 0.6 is 11.6 Å². The van der Waals surface area contributed by atoms with E-state index in [-0.39, 0.29) is 22.5 Å². The summed E-state index contributed by atoms with van der Waals surface area (Å²) in [6, 6.07) is 5.04. The van der Waals surface area contributed by atoms with Gasteiger partial charge in [0.15, 0.2) is 0 Å². The van der Waals surface area contributed by atoms with E-state index in [9.17, 15) is 4.39 Å². The fourth-order valence-electron chi connectivity index (χ4n) is 3.05. The minimum absolute atomic E-state index is 0.142. The molecular weight excluding hydrogens is 293 g/mol. The van der Waals surface area contributed by atoms with Crippen molar-refractivity contribution in [3.8, 4) is 0 Å². The molecular formula is C16H23ClFNO2. The van der Waals surface area contributed by atoms with Crippen LogP contribution in [-0.2, 0) is 15.9 Å². The highest BCUT2D eigenvalue weighted by atomic mass is 35.5. The maximum Gasteiger partial charge on any atom is 0.141 e. The van der Waals surface area contributed by atoms with Crippen LogP contribution in [0.2, 0.25) is 5.02 Å². The maximum absolute atomic E-state index is 13.3. The van der Waals surface area contributed by atoms with Crippen LogP contribution in [0.5, 0.6) is 0 Å². The lowest BCUT2D eigenvalue weighted by atomic mass is 9.82. The Hall–Kier alpha value is -0.680. The molecule has 0 aromatic heterocycles. The van der Waals surface area contributed by atoms with Gasteiger partial charge in [-0.2, -0.15) is 0 Å². The SMILES string of the molecule is CCOC1(C(Cc2ccc(F)c(Cl)c2)NC)CCOCC1. The number of ether oxygens (including phenoxy) is 2. The third-order valence-corrected chi connectivity index (χ3v) is 4.47. The molecule has 0 saturated carbocycles. The van der Waals surface area contributed by atoms with Gasteiger partial charge in [0.2, 0.25) is 0 Å². The van der Waals surface area contributed by atoms with Crippen molar-refractivity contribution in [2.75, 3.05) is 26.9 Å². The summed E-state index contributed by atoms with van der Waals surface area (Å²) in [7, 11) is 1.94. The van der Waals surface area contributed by atoms with E-state index in [1.165, 1.54) is 6.07 Å². The van der Waals surface area contributed by atoms with Gasteiger partial charge in [0, 0.05) is 38.7 Å². The Labute approximate surface area is 130 Å². The second-order valence-corrected chi connectivity index (χ2v) is 5.81. The van der Waals surface area contributed by atoms with Gasteiger partial charge in [0.05, 0.1) is 10.6 Å². The topological polar surface area (TPSA) is 30.5 Å². The third kappa shape index (κ3) is 3.95. The largest absolute Gasteiger partial charge is 0.381 e. The summed E-state index contributed by atoms with van der Waals surface area (Å²) in [6.45, 7) is 4.10. The van der Waals surface area contributed by atoms with Crippen LogP contribution in [0.25, 0.3) is 0 Å². The lowest BCUT2D eigenvalue weighted by Crippen LogP contribution is -2.55. The first kappa shape index (κ1) is 16.7. The van der Waals surface area contributed by atoms with E-state index in [2.05, 4.69) is 5.32 Å². The van der Waals surface area contributed by atoms with Crippen LogP contribution in [0, 0.1) is 5.82 Å². The van der Waals surface area contributed by atoms with Crippen LogP contribution in [-0.4, -0.2) is 38.5 Å². The Morgan fingerprint density at radius 2 is 2.14 bits per heavy atom. The monoisotopic (exact) mass is 315 g/mol. The van der Waals surface area contributed by atoms with Gasteiger partial charge in [-0.05, 0) is 38.1 Å². The van der Waals surface area contributed by atoms with Gasteiger partial charge in [-0.3, -0.25) is 0 Å². The highest BCUT2D eigenvalue weighted by Crippen LogP contribution is 2.31. The van der Waals surface area contributed by atoms with E-state index in [0.29, 0.717) is 19.8 Å². The minimum Gasteiger partial charge on any atom is -0.381 e. The molecule has 1 N–H and O–H groups in total. The lowest BCUT2D eigenvalue weighted by molar-refractivity contribution is -0.125. The molecule has 118 valence electrons. The summed E-state index contributed by atoms with van der Waals surface area (Å²) in [5.74, 6) is -0.382. The third-order valence-electron chi connectivity index (χ3n) is 4.18. The van der Waals surface area contributed by atoms with Crippen molar-refractivity contribution < 1.29 is 13.9 Å². The van der Waals surface area contributed by atoms with Crippen LogP contribution < -0.4 is 5.32 Å². The van der Waals surface area contributed by atoms with Crippen LogP contribution in [0.1, 0.15) is 25.3 Å². The fourth-order valence-corrected chi connectivity index (χ4v) is 3.25. The first-order valence-electron chi connectivity index (χ1n) is 7.44. The molecule has 1 aromatic carbocycles. The minimum atomic E-state index is -0.382. The van der Waals surface area contributed by atoms with Crippen LogP contribution in [0.15, 0.2) is 18.2 Å². The van der Waals surface area contributed by atoms with E-state index in [1.54, 1.807) is 12.1 Å². The van der Waals surface area contributed by atoms with Crippen molar-refractivity contribution in [1.29, 1.82) is 0 Å². The van der Waals surface area contributed by atoms with E-state index in [1.807, 2.05) is 14.0 Å². The predicted octanol–water partition coefficient (Wildman–Crippen LogP) is 3.20. The van der Waals surface area contributed by atoms with Crippen molar-refractivity contribution in [2.45, 2.75) is 37.8 Å². The summed E-state index contributed by atoms with van der Waals surface area (Å²) in [5.41, 5.74) is 0.772. The number of rotatable bonds is 6. The number of hydrogen-bond donors (Lipinski definition) is 1. The number of nitrogens with one attached hydrogen (secondary N) is 1. The first-order valence-corrected chi connectivity index (χ1v) is 7.82. The summed E-state index contributed by atoms with van der Waals surface area (Å²) < 4.78 is 24.9. The van der Waals surface area contributed by atoms with Crippen LogP contribution in [0.4, 0.5) is 4.39 Å². The molecule has 1 atom stereocenters. The molecule has 1 fully saturated rings. The Kier molecular flexibility index (Phi) is 5.99. The Morgan fingerprint density at radius 1 is 1.43 bits per heavy atom. The number of hydrogen-bond acceptors (Lipinski definition) is 3. The Morgan fingerprint density at radius 3 is 2.71 bits per heavy atom. The van der Waals surface area contributed by atoms with Crippen molar-refractivity contribution in [3.05, 3.63) is 34.6 Å². The quantitative estimate of drug-likeness (QED) is 0.874. The normalized spacial score (nSPS) is 19.4. The molecule has 3 nitrogen and oxygen atoms in total. The molecule has 1 aliphatic heterocycles. The maximum atomic E-state index is 13.3. The summed E-state index contributed by atoms with van der Waals surface area (Å²) in [5, 5.41) is 3.53. The van der Waals surface area contributed by atoms with E-state index in [4.69, 9.17) is 21.1 Å². The molecule has 21 heavy (non-hydrogen) atoms. The van der Waals surface area contributed by atoms with Gasteiger partial charge in [-0.25, -0.2) is 4.39 Å². The molecule has 1 unspecified atom stereocenters. The summed E-state index contributed by atoms with van der Waals surface area (Å²) in [4.78, 5) is 0. The van der Waals surface area contributed by atoms with E-state index >= 15 is 0 Å². The molecule has 1 heterocycles. The molecule has 2 rings (SSSR count). The van der Waals surface area contributed by atoms with Crippen molar-refractivity contribution in [1.82, 2.24) is 5.32 Å². The van der Waals surface area contributed by atoms with E-state index in [0.717, 1.165) is 24.8 Å². The average Bonchev–Trinajstić information content (AvgIpc) is 2.49. The predicted molar refractivity (Wildman–Crippen MR) is 82.4 cm³/mol. The van der Waals surface area contributed by atoms with Gasteiger partial charge < -0.3 is 14.8 Å². The first-order chi connectivity index (χ1) is 10.1. The molecule has 0 radical (unpaired) electrons. The molecule has 0 bridgehead atoms. The van der Waals surface area contributed by atoms with Gasteiger partial charge in [0.25, 0.3) is 0 Å². The number of halogens is 2. The van der Waals surface area contributed by atoms with Gasteiger partial charge in [0.1, 0.15) is 5.82 Å². The highest BCUT2D eigenvalue weighted by Gasteiger charge is 2.40.